The van der Waals surface area contributed by atoms with Gasteiger partial charge >= 0.3 is 0 Å². The van der Waals surface area contributed by atoms with E-state index in [0.29, 0.717) is 0 Å². The van der Waals surface area contributed by atoms with Gasteiger partial charge in [-0.15, -0.1) is 0 Å². The molecule has 1 nitrogen and oxygen atoms in total. The van der Waals surface area contributed by atoms with E-state index >= 15 is 0 Å². The van der Waals surface area contributed by atoms with Gasteiger partial charge in [0, 0.05) is 24.4 Å². The van der Waals surface area contributed by atoms with E-state index in [0.717, 1.165) is 5.69 Å². The van der Waals surface area contributed by atoms with Crippen molar-refractivity contribution < 1.29 is 4.39 Å². The zero-order valence-corrected chi connectivity index (χ0v) is 8.54. The first-order valence-electron chi connectivity index (χ1n) is 3.85. The van der Waals surface area contributed by atoms with E-state index in [1.165, 1.54) is 6.20 Å². The fourth-order valence-corrected chi connectivity index (χ4v) is 1.88. The van der Waals surface area contributed by atoms with Crippen LogP contribution in [0.1, 0.15) is 26.5 Å². The highest BCUT2D eigenvalue weighted by atomic mass is 35.5. The SMILES string of the molecule is Cn1cc(F)c(Cl)c1C(C)(C)C. The van der Waals surface area contributed by atoms with Crippen molar-refractivity contribution in [3.8, 4) is 0 Å². The molecule has 0 radical (unpaired) electrons. The molecule has 0 aromatic carbocycles. The highest BCUT2D eigenvalue weighted by Crippen LogP contribution is 2.31. The first-order chi connectivity index (χ1) is 5.34. The van der Waals surface area contributed by atoms with Crippen LogP contribution in [-0.2, 0) is 12.5 Å². The zero-order chi connectivity index (χ0) is 9.52. The number of aromatic nitrogens is 1. The Balaban J connectivity index is 3.32. The first kappa shape index (κ1) is 9.59. The molecular weight excluding hydrogens is 177 g/mol. The van der Waals surface area contributed by atoms with Crippen molar-refractivity contribution in [2.24, 2.45) is 7.05 Å². The van der Waals surface area contributed by atoms with Crippen LogP contribution in [0.3, 0.4) is 0 Å². The third-order valence-corrected chi connectivity index (χ3v) is 2.15. The third kappa shape index (κ3) is 1.48. The van der Waals surface area contributed by atoms with Gasteiger partial charge in [-0.25, -0.2) is 4.39 Å². The summed E-state index contributed by atoms with van der Waals surface area (Å²) in [6.07, 6.45) is 1.41. The first-order valence-corrected chi connectivity index (χ1v) is 4.22. The summed E-state index contributed by atoms with van der Waals surface area (Å²) in [6, 6.07) is 0. The quantitative estimate of drug-likeness (QED) is 0.591. The minimum Gasteiger partial charge on any atom is -0.350 e. The van der Waals surface area contributed by atoms with Crippen molar-refractivity contribution in [3.63, 3.8) is 0 Å². The van der Waals surface area contributed by atoms with E-state index in [2.05, 4.69) is 0 Å². The average molecular weight is 190 g/mol. The Morgan fingerprint density at radius 3 is 2.08 bits per heavy atom. The molecule has 0 saturated heterocycles. The van der Waals surface area contributed by atoms with Crippen LogP contribution in [0.4, 0.5) is 4.39 Å². The number of hydrogen-bond donors (Lipinski definition) is 0. The largest absolute Gasteiger partial charge is 0.350 e. The predicted molar refractivity (Wildman–Crippen MR) is 49.1 cm³/mol. The van der Waals surface area contributed by atoms with Crippen LogP contribution in [-0.4, -0.2) is 4.57 Å². The van der Waals surface area contributed by atoms with Crippen molar-refractivity contribution in [2.45, 2.75) is 26.2 Å². The van der Waals surface area contributed by atoms with Gasteiger partial charge in [0.25, 0.3) is 0 Å². The second kappa shape index (κ2) is 2.77. The molecule has 3 heteroatoms. The highest BCUT2D eigenvalue weighted by Gasteiger charge is 2.23. The molecule has 1 aromatic rings. The molecule has 12 heavy (non-hydrogen) atoms. The van der Waals surface area contributed by atoms with E-state index < -0.39 is 0 Å². The molecule has 0 unspecified atom stereocenters. The Bertz CT molecular complexity index is 296. The van der Waals surface area contributed by atoms with Gasteiger partial charge in [-0.05, 0) is 0 Å². The van der Waals surface area contributed by atoms with Crippen LogP contribution < -0.4 is 0 Å². The van der Waals surface area contributed by atoms with Gasteiger partial charge in [0.05, 0.1) is 5.02 Å². The minimum absolute atomic E-state index is 0.115. The Morgan fingerprint density at radius 2 is 1.92 bits per heavy atom. The summed E-state index contributed by atoms with van der Waals surface area (Å²) in [5, 5.41) is 0.241. The fraction of sp³-hybridized carbons (Fsp3) is 0.556. The summed E-state index contributed by atoms with van der Waals surface area (Å²) in [7, 11) is 1.80. The maximum Gasteiger partial charge on any atom is 0.159 e. The second-order valence-corrected chi connectivity index (χ2v) is 4.38. The van der Waals surface area contributed by atoms with Crippen molar-refractivity contribution in [1.29, 1.82) is 0 Å². The monoisotopic (exact) mass is 189 g/mol. The summed E-state index contributed by atoms with van der Waals surface area (Å²) >= 11 is 5.80. The van der Waals surface area contributed by atoms with Gasteiger partial charge in [-0.1, -0.05) is 32.4 Å². The Labute approximate surface area is 77.1 Å². The van der Waals surface area contributed by atoms with Crippen LogP contribution in [0.2, 0.25) is 5.02 Å². The predicted octanol–water partition coefficient (Wildman–Crippen LogP) is 3.12. The van der Waals surface area contributed by atoms with E-state index in [1.807, 2.05) is 20.8 Å². The molecule has 1 heterocycles. The molecule has 0 bridgehead atoms. The molecule has 0 aliphatic rings. The Kier molecular flexibility index (Phi) is 2.21. The van der Waals surface area contributed by atoms with Crippen LogP contribution >= 0.6 is 11.6 Å². The normalized spacial score (nSPS) is 12.2. The van der Waals surface area contributed by atoms with E-state index in [-0.39, 0.29) is 16.3 Å². The van der Waals surface area contributed by atoms with Gasteiger partial charge in [-0.3, -0.25) is 0 Å². The molecule has 0 aliphatic carbocycles. The molecule has 1 rings (SSSR count). The van der Waals surface area contributed by atoms with Crippen molar-refractivity contribution in [3.05, 3.63) is 22.7 Å². The molecule has 0 amide bonds. The van der Waals surface area contributed by atoms with Crippen LogP contribution in [0.25, 0.3) is 0 Å². The molecule has 0 fully saturated rings. The lowest BCUT2D eigenvalue weighted by molar-refractivity contribution is 0.543. The maximum atomic E-state index is 13.0. The van der Waals surface area contributed by atoms with Gasteiger partial charge < -0.3 is 4.57 Å². The van der Waals surface area contributed by atoms with Crippen molar-refractivity contribution in [1.82, 2.24) is 4.57 Å². The Hall–Kier alpha value is -0.500. The summed E-state index contributed by atoms with van der Waals surface area (Å²) in [6.45, 7) is 6.02. The lowest BCUT2D eigenvalue weighted by Gasteiger charge is -2.20. The van der Waals surface area contributed by atoms with Gasteiger partial charge in [0.15, 0.2) is 5.82 Å². The number of hydrogen-bond acceptors (Lipinski definition) is 0. The average Bonchev–Trinajstić information content (AvgIpc) is 2.05. The second-order valence-electron chi connectivity index (χ2n) is 4.00. The third-order valence-electron chi connectivity index (χ3n) is 1.79. The topological polar surface area (TPSA) is 4.93 Å². The molecule has 68 valence electrons. The van der Waals surface area contributed by atoms with Crippen LogP contribution in [0.15, 0.2) is 6.20 Å². The molecule has 0 atom stereocenters. The van der Waals surface area contributed by atoms with Gasteiger partial charge in [0.1, 0.15) is 0 Å². The summed E-state index contributed by atoms with van der Waals surface area (Å²) in [5.74, 6) is -0.343. The zero-order valence-electron chi connectivity index (χ0n) is 7.78. The molecule has 1 aromatic heterocycles. The van der Waals surface area contributed by atoms with E-state index in [1.54, 1.807) is 11.6 Å². The fourth-order valence-electron chi connectivity index (χ4n) is 1.42. The summed E-state index contributed by atoms with van der Waals surface area (Å²) in [5.41, 5.74) is 0.720. The number of nitrogens with zero attached hydrogens (tertiary/aromatic N) is 1. The maximum absolute atomic E-state index is 13.0. The molecular formula is C9H13ClFN. The van der Waals surface area contributed by atoms with Crippen LogP contribution in [0, 0.1) is 5.82 Å². The summed E-state index contributed by atoms with van der Waals surface area (Å²) < 4.78 is 14.7. The smallest absolute Gasteiger partial charge is 0.159 e. The number of halogens is 2. The van der Waals surface area contributed by atoms with Crippen molar-refractivity contribution in [2.75, 3.05) is 0 Å². The van der Waals surface area contributed by atoms with Gasteiger partial charge in [0.2, 0.25) is 0 Å². The Morgan fingerprint density at radius 1 is 1.42 bits per heavy atom. The standard InChI is InChI=1S/C9H13ClFN/c1-9(2,3)8-7(10)6(11)5-12(8)4/h5H,1-4H3. The molecule has 0 N–H and O–H groups in total. The van der Waals surface area contributed by atoms with E-state index in [9.17, 15) is 4.39 Å². The molecule has 0 spiro atoms. The number of aryl methyl sites for hydroxylation is 1. The summed E-state index contributed by atoms with van der Waals surface area (Å²) in [4.78, 5) is 0. The van der Waals surface area contributed by atoms with Crippen molar-refractivity contribution >= 4 is 11.6 Å². The lowest BCUT2D eigenvalue weighted by atomic mass is 9.92. The van der Waals surface area contributed by atoms with Crippen LogP contribution in [0.5, 0.6) is 0 Å². The lowest BCUT2D eigenvalue weighted by Crippen LogP contribution is -2.16. The minimum atomic E-state index is -0.343. The number of rotatable bonds is 0. The van der Waals surface area contributed by atoms with E-state index in [4.69, 9.17) is 11.6 Å². The molecule has 0 aliphatic heterocycles. The molecule has 0 saturated carbocycles. The highest BCUT2D eigenvalue weighted by molar-refractivity contribution is 6.31. The van der Waals surface area contributed by atoms with Gasteiger partial charge in [-0.2, -0.15) is 0 Å².